The first-order valence-corrected chi connectivity index (χ1v) is 10.3. The highest BCUT2D eigenvalue weighted by Crippen LogP contribution is 2.27. The van der Waals surface area contributed by atoms with E-state index in [0.717, 1.165) is 54.1 Å². The molecule has 0 unspecified atom stereocenters. The molecule has 1 fully saturated rings. The zero-order valence-electron chi connectivity index (χ0n) is 15.4. The lowest BCUT2D eigenvalue weighted by molar-refractivity contribution is 0.0808. The molecule has 3 nitrogen and oxygen atoms in total. The summed E-state index contributed by atoms with van der Waals surface area (Å²) in [6.07, 6.45) is 4.00. The van der Waals surface area contributed by atoms with Gasteiger partial charge in [-0.1, -0.05) is 36.4 Å². The Morgan fingerprint density at radius 2 is 1.96 bits per heavy atom. The van der Waals surface area contributed by atoms with E-state index in [9.17, 15) is 9.59 Å². The van der Waals surface area contributed by atoms with Crippen LogP contribution >= 0.6 is 11.8 Å². The van der Waals surface area contributed by atoms with E-state index >= 15 is 0 Å². The number of rotatable bonds is 6. The van der Waals surface area contributed by atoms with Crippen molar-refractivity contribution in [2.24, 2.45) is 5.92 Å². The molecular formula is C22H25NO2S. The fraction of sp³-hybridized carbons (Fsp3) is 0.364. The van der Waals surface area contributed by atoms with Crippen LogP contribution in [0.15, 0.2) is 53.4 Å². The molecule has 2 aromatic carbocycles. The molecule has 0 spiro atoms. The average Bonchev–Trinajstić information content (AvgIpc) is 2.67. The van der Waals surface area contributed by atoms with E-state index in [-0.39, 0.29) is 17.5 Å². The Balaban J connectivity index is 1.70. The highest BCUT2D eigenvalue weighted by molar-refractivity contribution is 7.98. The van der Waals surface area contributed by atoms with Crippen molar-refractivity contribution in [3.8, 4) is 0 Å². The van der Waals surface area contributed by atoms with Gasteiger partial charge in [0.2, 0.25) is 0 Å². The van der Waals surface area contributed by atoms with Crippen LogP contribution in [-0.4, -0.2) is 35.8 Å². The van der Waals surface area contributed by atoms with Gasteiger partial charge in [0.1, 0.15) is 0 Å². The van der Waals surface area contributed by atoms with Crippen LogP contribution in [0.1, 0.15) is 46.0 Å². The predicted octanol–water partition coefficient (Wildman–Crippen LogP) is 4.71. The third-order valence-electron chi connectivity index (χ3n) is 4.99. The van der Waals surface area contributed by atoms with Crippen LogP contribution in [0.2, 0.25) is 0 Å². The van der Waals surface area contributed by atoms with Gasteiger partial charge in [0.05, 0.1) is 0 Å². The summed E-state index contributed by atoms with van der Waals surface area (Å²) in [5.74, 6) is 0.400. The van der Waals surface area contributed by atoms with Crippen molar-refractivity contribution in [3.05, 3.63) is 65.2 Å². The van der Waals surface area contributed by atoms with Gasteiger partial charge in [0, 0.05) is 35.0 Å². The van der Waals surface area contributed by atoms with Crippen molar-refractivity contribution in [1.29, 1.82) is 0 Å². The molecule has 0 bridgehead atoms. The Hall–Kier alpha value is -1.91. The van der Waals surface area contributed by atoms with E-state index in [1.807, 2.05) is 48.7 Å². The van der Waals surface area contributed by atoms with Gasteiger partial charge in [-0.3, -0.25) is 14.5 Å². The van der Waals surface area contributed by atoms with Crippen molar-refractivity contribution in [3.63, 3.8) is 0 Å². The number of carbonyl (C=O) groups is 2. The molecule has 1 heterocycles. The van der Waals surface area contributed by atoms with Crippen LogP contribution in [0.3, 0.4) is 0 Å². The lowest BCUT2D eigenvalue weighted by Crippen LogP contribution is -2.38. The second-order valence-corrected chi connectivity index (χ2v) is 7.74. The van der Waals surface area contributed by atoms with Gasteiger partial charge in [-0.05, 0) is 50.3 Å². The molecule has 0 aliphatic carbocycles. The molecule has 0 amide bonds. The topological polar surface area (TPSA) is 37.4 Å². The monoisotopic (exact) mass is 367 g/mol. The zero-order valence-corrected chi connectivity index (χ0v) is 16.2. The summed E-state index contributed by atoms with van der Waals surface area (Å²) in [5, 5.41) is 0. The fourth-order valence-electron chi connectivity index (χ4n) is 3.63. The quantitative estimate of drug-likeness (QED) is 0.547. The number of nitrogens with zero attached hydrogens (tertiary/aromatic N) is 1. The second-order valence-electron chi connectivity index (χ2n) is 6.90. The van der Waals surface area contributed by atoms with Gasteiger partial charge in [-0.15, -0.1) is 11.8 Å². The van der Waals surface area contributed by atoms with Crippen molar-refractivity contribution in [1.82, 2.24) is 4.90 Å². The van der Waals surface area contributed by atoms with Gasteiger partial charge < -0.3 is 0 Å². The van der Waals surface area contributed by atoms with Crippen molar-refractivity contribution in [2.75, 3.05) is 19.3 Å². The maximum absolute atomic E-state index is 13.0. The average molecular weight is 368 g/mol. The molecule has 1 saturated heterocycles. The third-order valence-corrected chi connectivity index (χ3v) is 5.78. The van der Waals surface area contributed by atoms with Crippen LogP contribution in [0, 0.1) is 5.92 Å². The number of ketones is 2. The highest BCUT2D eigenvalue weighted by Gasteiger charge is 2.27. The number of Topliss-reactive ketones (excluding diaryl/α,β-unsaturated/α-hetero) is 2. The smallest absolute Gasteiger partial charge is 0.168 e. The van der Waals surface area contributed by atoms with Gasteiger partial charge >= 0.3 is 0 Å². The molecule has 1 atom stereocenters. The third kappa shape index (κ3) is 4.43. The molecule has 2 aromatic rings. The van der Waals surface area contributed by atoms with Crippen molar-refractivity contribution < 1.29 is 9.59 Å². The molecular weight excluding hydrogens is 342 g/mol. The van der Waals surface area contributed by atoms with Crippen molar-refractivity contribution in [2.45, 2.75) is 31.2 Å². The lowest BCUT2D eigenvalue weighted by Gasteiger charge is -2.32. The fourth-order valence-corrected chi connectivity index (χ4v) is 4.23. The van der Waals surface area contributed by atoms with Gasteiger partial charge in [-0.25, -0.2) is 0 Å². The summed E-state index contributed by atoms with van der Waals surface area (Å²) in [4.78, 5) is 28.0. The van der Waals surface area contributed by atoms with Crippen LogP contribution in [-0.2, 0) is 6.54 Å². The van der Waals surface area contributed by atoms with E-state index in [1.165, 1.54) is 0 Å². The Labute approximate surface area is 159 Å². The lowest BCUT2D eigenvalue weighted by atomic mass is 9.89. The minimum absolute atomic E-state index is 0.0491. The Morgan fingerprint density at radius 3 is 2.73 bits per heavy atom. The van der Waals surface area contributed by atoms with Crippen LogP contribution < -0.4 is 0 Å². The Kier molecular flexibility index (Phi) is 6.28. The summed E-state index contributed by atoms with van der Waals surface area (Å²) < 4.78 is 0. The number of carbonyl (C=O) groups excluding carboxylic acids is 2. The van der Waals surface area contributed by atoms with E-state index in [2.05, 4.69) is 11.0 Å². The van der Waals surface area contributed by atoms with E-state index in [4.69, 9.17) is 0 Å². The zero-order chi connectivity index (χ0) is 18.5. The van der Waals surface area contributed by atoms with E-state index < -0.39 is 0 Å². The normalized spacial score (nSPS) is 17.8. The molecule has 0 radical (unpaired) electrons. The molecule has 136 valence electrons. The number of hydrogen-bond donors (Lipinski definition) is 0. The molecule has 0 N–H and O–H groups in total. The summed E-state index contributed by atoms with van der Waals surface area (Å²) >= 11 is 1.63. The molecule has 26 heavy (non-hydrogen) atoms. The Bertz CT molecular complexity index is 802. The molecule has 0 saturated carbocycles. The summed E-state index contributed by atoms with van der Waals surface area (Å²) in [6, 6.07) is 15.7. The Morgan fingerprint density at radius 1 is 1.15 bits per heavy atom. The van der Waals surface area contributed by atoms with Crippen molar-refractivity contribution >= 4 is 23.3 Å². The number of piperidine rings is 1. The highest BCUT2D eigenvalue weighted by atomic mass is 32.2. The summed E-state index contributed by atoms with van der Waals surface area (Å²) in [6.45, 7) is 4.16. The van der Waals surface area contributed by atoms with Gasteiger partial charge in [0.25, 0.3) is 0 Å². The van der Waals surface area contributed by atoms with Crippen LogP contribution in [0.5, 0.6) is 0 Å². The maximum Gasteiger partial charge on any atom is 0.168 e. The van der Waals surface area contributed by atoms with Gasteiger partial charge in [0.15, 0.2) is 11.6 Å². The summed E-state index contributed by atoms with van der Waals surface area (Å²) in [5.41, 5.74) is 2.74. The SMILES string of the molecule is CSc1ccccc1C(=O)[C@@H]1CCCN(Cc2cccc(C(C)=O)c2)C1. The van der Waals surface area contributed by atoms with Crippen LogP contribution in [0.25, 0.3) is 0 Å². The maximum atomic E-state index is 13.0. The number of likely N-dealkylation sites (tertiary alicyclic amines) is 1. The minimum Gasteiger partial charge on any atom is -0.298 e. The molecule has 1 aliphatic heterocycles. The number of benzene rings is 2. The minimum atomic E-state index is 0.0491. The summed E-state index contributed by atoms with van der Waals surface area (Å²) in [7, 11) is 0. The van der Waals surface area contributed by atoms with Crippen LogP contribution in [0.4, 0.5) is 0 Å². The first kappa shape index (κ1) is 18.9. The number of hydrogen-bond acceptors (Lipinski definition) is 4. The largest absolute Gasteiger partial charge is 0.298 e. The van der Waals surface area contributed by atoms with E-state index in [0.29, 0.717) is 0 Å². The molecule has 4 heteroatoms. The van der Waals surface area contributed by atoms with E-state index in [1.54, 1.807) is 18.7 Å². The molecule has 3 rings (SSSR count). The predicted molar refractivity (Wildman–Crippen MR) is 107 cm³/mol. The van der Waals surface area contributed by atoms with Gasteiger partial charge in [-0.2, -0.15) is 0 Å². The molecule has 1 aliphatic rings. The molecule has 0 aromatic heterocycles. The standard InChI is InChI=1S/C22H25NO2S/c1-16(24)18-8-5-7-17(13-18)14-23-12-6-9-19(15-23)22(25)20-10-3-4-11-21(20)26-2/h3-5,7-8,10-11,13,19H,6,9,12,14-15H2,1-2H3/t19-/m1/s1. The first-order chi connectivity index (χ1) is 12.6. The second kappa shape index (κ2) is 8.65. The first-order valence-electron chi connectivity index (χ1n) is 9.08. The number of thioether (sulfide) groups is 1.